The number of nitrogens with one attached hydrogen (secondary N) is 1. The van der Waals surface area contributed by atoms with E-state index < -0.39 is 0 Å². The van der Waals surface area contributed by atoms with Crippen molar-refractivity contribution in [3.8, 4) is 0 Å². The second-order valence-corrected chi connectivity index (χ2v) is 6.33. The lowest BCUT2D eigenvalue weighted by Gasteiger charge is -2.31. The number of hydrogen-bond acceptors (Lipinski definition) is 3. The molecular formula is C16H29N3O. The third-order valence-corrected chi connectivity index (χ3v) is 4.99. The summed E-state index contributed by atoms with van der Waals surface area (Å²) in [5.41, 5.74) is 3.68. The molecule has 1 aromatic rings. The van der Waals surface area contributed by atoms with Crippen molar-refractivity contribution in [1.82, 2.24) is 15.1 Å². The highest BCUT2D eigenvalue weighted by atomic mass is 16.3. The molecule has 114 valence electrons. The van der Waals surface area contributed by atoms with E-state index in [1.165, 1.54) is 36.9 Å². The maximum atomic E-state index is 9.49. The average molecular weight is 279 g/mol. The lowest BCUT2D eigenvalue weighted by Crippen LogP contribution is -2.33. The van der Waals surface area contributed by atoms with Crippen molar-refractivity contribution < 1.29 is 5.11 Å². The molecule has 0 aromatic carbocycles. The number of aromatic nitrogens is 2. The molecule has 1 aromatic heterocycles. The summed E-state index contributed by atoms with van der Waals surface area (Å²) >= 11 is 0. The van der Waals surface area contributed by atoms with Crippen LogP contribution in [0.4, 0.5) is 0 Å². The van der Waals surface area contributed by atoms with Gasteiger partial charge >= 0.3 is 0 Å². The van der Waals surface area contributed by atoms with Gasteiger partial charge in [-0.2, -0.15) is 5.10 Å². The van der Waals surface area contributed by atoms with Gasteiger partial charge in [-0.15, -0.1) is 0 Å². The predicted molar refractivity (Wildman–Crippen MR) is 81.6 cm³/mol. The Kier molecular flexibility index (Phi) is 5.22. The molecule has 3 unspecified atom stereocenters. The molecule has 1 aliphatic carbocycles. The van der Waals surface area contributed by atoms with Crippen molar-refractivity contribution in [3.05, 3.63) is 17.0 Å². The highest BCUT2D eigenvalue weighted by molar-refractivity contribution is 5.27. The van der Waals surface area contributed by atoms with Crippen LogP contribution in [0, 0.1) is 25.7 Å². The van der Waals surface area contributed by atoms with Gasteiger partial charge in [0.25, 0.3) is 0 Å². The van der Waals surface area contributed by atoms with E-state index in [1.54, 1.807) is 0 Å². The fourth-order valence-electron chi connectivity index (χ4n) is 3.64. The van der Waals surface area contributed by atoms with E-state index in [4.69, 9.17) is 0 Å². The molecular weight excluding hydrogens is 250 g/mol. The minimum atomic E-state index is 0.324. The monoisotopic (exact) mass is 279 g/mol. The van der Waals surface area contributed by atoms with E-state index in [9.17, 15) is 5.11 Å². The highest BCUT2D eigenvalue weighted by Gasteiger charge is 2.25. The molecule has 1 aliphatic rings. The quantitative estimate of drug-likeness (QED) is 0.870. The first-order valence-corrected chi connectivity index (χ1v) is 7.89. The van der Waals surface area contributed by atoms with Gasteiger partial charge in [0.05, 0.1) is 5.69 Å². The number of nitrogens with zero attached hydrogens (tertiary/aromatic N) is 2. The summed E-state index contributed by atoms with van der Waals surface area (Å²) in [5.74, 6) is 1.10. The van der Waals surface area contributed by atoms with Crippen molar-refractivity contribution in [2.24, 2.45) is 18.9 Å². The Morgan fingerprint density at radius 3 is 2.50 bits per heavy atom. The molecule has 20 heavy (non-hydrogen) atoms. The average Bonchev–Trinajstić information content (AvgIpc) is 2.70. The van der Waals surface area contributed by atoms with Crippen LogP contribution in [0.5, 0.6) is 0 Å². The molecule has 0 bridgehead atoms. The van der Waals surface area contributed by atoms with Crippen molar-refractivity contribution >= 4 is 0 Å². The molecule has 4 nitrogen and oxygen atoms in total. The van der Waals surface area contributed by atoms with Gasteiger partial charge in [0.15, 0.2) is 0 Å². The number of aliphatic hydroxyl groups is 1. The Hall–Kier alpha value is -0.870. The molecule has 0 aliphatic heterocycles. The normalized spacial score (nSPS) is 24.9. The highest BCUT2D eigenvalue weighted by Crippen LogP contribution is 2.30. The third kappa shape index (κ3) is 3.23. The van der Waals surface area contributed by atoms with Gasteiger partial charge in [-0.25, -0.2) is 0 Å². The zero-order valence-electron chi connectivity index (χ0n) is 13.3. The first-order chi connectivity index (χ1) is 9.54. The fourth-order valence-corrected chi connectivity index (χ4v) is 3.64. The molecule has 1 saturated carbocycles. The van der Waals surface area contributed by atoms with Crippen molar-refractivity contribution in [2.75, 3.05) is 13.2 Å². The standard InChI is InChI=1S/C16H29N3O/c1-11(16-12(2)18-19(4)13(16)3)17-9-14-7-5-6-8-15(14)10-20/h11,14-15,17,20H,5-10H2,1-4H3. The molecule has 0 saturated heterocycles. The zero-order valence-corrected chi connectivity index (χ0v) is 13.3. The Morgan fingerprint density at radius 2 is 1.95 bits per heavy atom. The molecule has 1 heterocycles. The van der Waals surface area contributed by atoms with Crippen LogP contribution in [0.1, 0.15) is 55.6 Å². The second kappa shape index (κ2) is 6.72. The van der Waals surface area contributed by atoms with Crippen molar-refractivity contribution in [1.29, 1.82) is 0 Å². The van der Waals surface area contributed by atoms with E-state index in [0.717, 1.165) is 12.2 Å². The van der Waals surface area contributed by atoms with Gasteiger partial charge in [0.1, 0.15) is 0 Å². The molecule has 4 heteroatoms. The summed E-state index contributed by atoms with van der Waals surface area (Å²) in [4.78, 5) is 0. The van der Waals surface area contributed by atoms with E-state index >= 15 is 0 Å². The number of rotatable bonds is 5. The SMILES string of the molecule is Cc1nn(C)c(C)c1C(C)NCC1CCCCC1CO. The summed E-state index contributed by atoms with van der Waals surface area (Å²) in [7, 11) is 2.00. The van der Waals surface area contributed by atoms with Crippen LogP contribution in [0.2, 0.25) is 0 Å². The van der Waals surface area contributed by atoms with E-state index in [-0.39, 0.29) is 0 Å². The third-order valence-electron chi connectivity index (χ3n) is 4.99. The van der Waals surface area contributed by atoms with Crippen LogP contribution in [0.25, 0.3) is 0 Å². The van der Waals surface area contributed by atoms with Crippen LogP contribution in [0.3, 0.4) is 0 Å². The maximum absolute atomic E-state index is 9.49. The van der Waals surface area contributed by atoms with Crippen LogP contribution < -0.4 is 5.32 Å². The minimum absolute atomic E-state index is 0.324. The number of aliphatic hydroxyl groups excluding tert-OH is 1. The van der Waals surface area contributed by atoms with Crippen molar-refractivity contribution in [3.63, 3.8) is 0 Å². The summed E-state index contributed by atoms with van der Waals surface area (Å²) in [5, 5.41) is 17.7. The summed E-state index contributed by atoms with van der Waals surface area (Å²) < 4.78 is 1.96. The topological polar surface area (TPSA) is 50.1 Å². The van der Waals surface area contributed by atoms with Gasteiger partial charge in [-0.3, -0.25) is 4.68 Å². The van der Waals surface area contributed by atoms with Gasteiger partial charge < -0.3 is 10.4 Å². The van der Waals surface area contributed by atoms with E-state index in [1.807, 2.05) is 11.7 Å². The first kappa shape index (κ1) is 15.5. The summed E-state index contributed by atoms with van der Waals surface area (Å²) in [6.45, 7) is 7.77. The summed E-state index contributed by atoms with van der Waals surface area (Å²) in [6, 6.07) is 0.324. The molecule has 2 N–H and O–H groups in total. The Balaban J connectivity index is 1.96. The molecule has 2 rings (SSSR count). The van der Waals surface area contributed by atoms with Gasteiger partial charge in [-0.05, 0) is 52.0 Å². The smallest absolute Gasteiger partial charge is 0.0644 e. The number of hydrogen-bond donors (Lipinski definition) is 2. The van der Waals surface area contributed by atoms with Gasteiger partial charge in [0, 0.05) is 31.0 Å². The second-order valence-electron chi connectivity index (χ2n) is 6.33. The predicted octanol–water partition coefficient (Wildman–Crippen LogP) is 2.49. The van der Waals surface area contributed by atoms with Crippen LogP contribution >= 0.6 is 0 Å². The van der Waals surface area contributed by atoms with E-state index in [0.29, 0.717) is 24.5 Å². The van der Waals surface area contributed by atoms with Crippen LogP contribution in [0.15, 0.2) is 0 Å². The van der Waals surface area contributed by atoms with Crippen molar-refractivity contribution in [2.45, 2.75) is 52.5 Å². The molecule has 0 spiro atoms. The van der Waals surface area contributed by atoms with Gasteiger partial charge in [0.2, 0.25) is 0 Å². The molecule has 3 atom stereocenters. The first-order valence-electron chi connectivity index (χ1n) is 7.89. The lowest BCUT2D eigenvalue weighted by atomic mass is 9.79. The van der Waals surface area contributed by atoms with Crippen LogP contribution in [-0.2, 0) is 7.05 Å². The van der Waals surface area contributed by atoms with Crippen LogP contribution in [-0.4, -0.2) is 28.0 Å². The Bertz CT molecular complexity index is 441. The fraction of sp³-hybridized carbons (Fsp3) is 0.812. The van der Waals surface area contributed by atoms with Gasteiger partial charge in [-0.1, -0.05) is 12.8 Å². The Labute approximate surface area is 122 Å². The maximum Gasteiger partial charge on any atom is 0.0644 e. The molecule has 1 fully saturated rings. The zero-order chi connectivity index (χ0) is 14.7. The largest absolute Gasteiger partial charge is 0.396 e. The molecule has 0 radical (unpaired) electrons. The molecule has 0 amide bonds. The number of aryl methyl sites for hydroxylation is 2. The lowest BCUT2D eigenvalue weighted by molar-refractivity contribution is 0.131. The van der Waals surface area contributed by atoms with E-state index in [2.05, 4.69) is 31.2 Å². The Morgan fingerprint density at radius 1 is 1.30 bits per heavy atom. The summed E-state index contributed by atoms with van der Waals surface area (Å²) in [6.07, 6.45) is 5.01. The minimum Gasteiger partial charge on any atom is -0.396 e.